The molecular formula is C16H22FN3O2. The van der Waals surface area contributed by atoms with Crippen LogP contribution in [-0.4, -0.2) is 41.8 Å². The summed E-state index contributed by atoms with van der Waals surface area (Å²) < 4.78 is 18.6. The van der Waals surface area contributed by atoms with Crippen molar-refractivity contribution in [1.29, 1.82) is 0 Å². The number of rotatable bonds is 1. The first-order chi connectivity index (χ1) is 10.2. The van der Waals surface area contributed by atoms with Crippen LogP contribution in [-0.2, 0) is 4.74 Å². The average Bonchev–Trinajstić information content (AvgIpc) is 2.96. The first kappa shape index (κ1) is 14.9. The summed E-state index contributed by atoms with van der Waals surface area (Å²) in [6.07, 6.45) is 0.641. The second kappa shape index (κ2) is 5.04. The summed E-state index contributed by atoms with van der Waals surface area (Å²) in [7, 11) is 0. The Morgan fingerprint density at radius 2 is 2.05 bits per heavy atom. The molecule has 1 aromatic carbocycles. The molecule has 2 aliphatic rings. The molecule has 22 heavy (non-hydrogen) atoms. The summed E-state index contributed by atoms with van der Waals surface area (Å²) >= 11 is 0. The van der Waals surface area contributed by atoms with E-state index < -0.39 is 5.60 Å². The Balaban J connectivity index is 1.71. The van der Waals surface area contributed by atoms with E-state index in [1.807, 2.05) is 20.8 Å². The summed E-state index contributed by atoms with van der Waals surface area (Å²) in [5.41, 5.74) is 6.72. The Morgan fingerprint density at radius 3 is 2.59 bits per heavy atom. The van der Waals surface area contributed by atoms with Gasteiger partial charge in [0, 0.05) is 19.1 Å². The van der Waals surface area contributed by atoms with Gasteiger partial charge in [-0.2, -0.15) is 0 Å². The summed E-state index contributed by atoms with van der Waals surface area (Å²) in [5.74, 6) is -0.332. The van der Waals surface area contributed by atoms with Crippen LogP contribution in [0.3, 0.4) is 0 Å². The van der Waals surface area contributed by atoms with Crippen molar-refractivity contribution in [2.24, 2.45) is 0 Å². The molecule has 0 saturated carbocycles. The second-order valence-corrected chi connectivity index (χ2v) is 7.03. The fourth-order valence-electron chi connectivity index (χ4n) is 3.29. The predicted octanol–water partition coefficient (Wildman–Crippen LogP) is 2.61. The molecule has 2 bridgehead atoms. The van der Waals surface area contributed by atoms with E-state index in [0.717, 1.165) is 12.1 Å². The number of nitrogens with zero attached hydrogens (tertiary/aromatic N) is 2. The van der Waals surface area contributed by atoms with Crippen LogP contribution in [0.5, 0.6) is 0 Å². The molecule has 3 rings (SSSR count). The van der Waals surface area contributed by atoms with E-state index in [2.05, 4.69) is 4.90 Å². The highest BCUT2D eigenvalue weighted by atomic mass is 19.1. The fraction of sp³-hybridized carbons (Fsp3) is 0.562. The van der Waals surface area contributed by atoms with Crippen LogP contribution in [0.1, 0.15) is 27.2 Å². The molecular weight excluding hydrogens is 285 g/mol. The molecule has 5 nitrogen and oxygen atoms in total. The molecule has 1 amide bonds. The van der Waals surface area contributed by atoms with Crippen molar-refractivity contribution >= 4 is 17.5 Å². The average molecular weight is 307 g/mol. The number of carbonyl (C=O) groups is 1. The van der Waals surface area contributed by atoms with Gasteiger partial charge in [-0.25, -0.2) is 9.18 Å². The molecule has 2 atom stereocenters. The third-order valence-corrected chi connectivity index (χ3v) is 4.17. The summed E-state index contributed by atoms with van der Waals surface area (Å²) in [6.45, 7) is 6.93. The number of nitrogen functional groups attached to an aromatic ring is 1. The van der Waals surface area contributed by atoms with Gasteiger partial charge in [0.05, 0.1) is 17.4 Å². The lowest BCUT2D eigenvalue weighted by Gasteiger charge is -2.36. The third-order valence-electron chi connectivity index (χ3n) is 4.17. The number of anilines is 2. The van der Waals surface area contributed by atoms with Gasteiger partial charge in [-0.1, -0.05) is 0 Å². The topological polar surface area (TPSA) is 58.8 Å². The van der Waals surface area contributed by atoms with E-state index in [4.69, 9.17) is 10.5 Å². The number of likely N-dealkylation sites (tertiary alicyclic amines) is 1. The number of piperazine rings is 1. The molecule has 2 saturated heterocycles. The standard InChI is InChI=1S/C16H22FN3O2/c1-16(2,3)22-15(21)20-9-11-7-12(20)8-19(11)14-5-4-10(17)6-13(14)18/h4-6,11-12H,7-9,18H2,1-3H3/t11-,12-/m1/s1. The lowest BCUT2D eigenvalue weighted by atomic mass is 10.2. The quantitative estimate of drug-likeness (QED) is 0.810. The molecule has 2 heterocycles. The van der Waals surface area contributed by atoms with E-state index in [9.17, 15) is 9.18 Å². The summed E-state index contributed by atoms with van der Waals surface area (Å²) in [5, 5.41) is 0. The van der Waals surface area contributed by atoms with Crippen molar-refractivity contribution < 1.29 is 13.9 Å². The Hall–Kier alpha value is -1.98. The van der Waals surface area contributed by atoms with Crippen molar-refractivity contribution in [2.45, 2.75) is 44.9 Å². The molecule has 0 unspecified atom stereocenters. The van der Waals surface area contributed by atoms with Crippen LogP contribution in [0.4, 0.5) is 20.6 Å². The molecule has 2 fully saturated rings. The number of halogens is 1. The van der Waals surface area contributed by atoms with E-state index in [-0.39, 0.29) is 24.0 Å². The maximum absolute atomic E-state index is 13.2. The largest absolute Gasteiger partial charge is 0.444 e. The molecule has 120 valence electrons. The van der Waals surface area contributed by atoms with Gasteiger partial charge in [-0.05, 0) is 45.4 Å². The number of benzene rings is 1. The van der Waals surface area contributed by atoms with Crippen molar-refractivity contribution in [3.05, 3.63) is 24.0 Å². The fourth-order valence-corrected chi connectivity index (χ4v) is 3.29. The van der Waals surface area contributed by atoms with Crippen LogP contribution < -0.4 is 10.6 Å². The van der Waals surface area contributed by atoms with Gasteiger partial charge >= 0.3 is 6.09 Å². The number of nitrogens with two attached hydrogens (primary N) is 1. The minimum absolute atomic E-state index is 0.129. The van der Waals surface area contributed by atoms with Gasteiger partial charge in [0.25, 0.3) is 0 Å². The first-order valence-corrected chi connectivity index (χ1v) is 7.56. The molecule has 0 aromatic heterocycles. The zero-order chi connectivity index (χ0) is 16.1. The molecule has 6 heteroatoms. The van der Waals surface area contributed by atoms with Crippen LogP contribution in [0.25, 0.3) is 0 Å². The number of fused-ring (bicyclic) bond motifs is 2. The Bertz CT molecular complexity index is 600. The Kier molecular flexibility index (Phi) is 3.42. The van der Waals surface area contributed by atoms with Gasteiger partial charge in [-0.15, -0.1) is 0 Å². The monoisotopic (exact) mass is 307 g/mol. The number of hydrogen-bond acceptors (Lipinski definition) is 4. The number of amides is 1. The molecule has 0 spiro atoms. The zero-order valence-corrected chi connectivity index (χ0v) is 13.2. The van der Waals surface area contributed by atoms with Crippen LogP contribution in [0.15, 0.2) is 18.2 Å². The normalized spacial score (nSPS) is 24.0. The highest BCUT2D eigenvalue weighted by Gasteiger charge is 2.46. The van der Waals surface area contributed by atoms with E-state index in [1.54, 1.807) is 11.0 Å². The highest BCUT2D eigenvalue weighted by Crippen LogP contribution is 2.37. The predicted molar refractivity (Wildman–Crippen MR) is 83.3 cm³/mol. The molecule has 0 radical (unpaired) electrons. The first-order valence-electron chi connectivity index (χ1n) is 7.56. The van der Waals surface area contributed by atoms with Crippen LogP contribution in [0.2, 0.25) is 0 Å². The maximum Gasteiger partial charge on any atom is 0.410 e. The number of carbonyl (C=O) groups excluding carboxylic acids is 1. The smallest absolute Gasteiger partial charge is 0.410 e. The van der Waals surface area contributed by atoms with Gasteiger partial charge < -0.3 is 20.3 Å². The van der Waals surface area contributed by atoms with Crippen molar-refractivity contribution in [3.8, 4) is 0 Å². The lowest BCUT2D eigenvalue weighted by Crippen LogP contribution is -2.50. The molecule has 2 N–H and O–H groups in total. The van der Waals surface area contributed by atoms with E-state index in [0.29, 0.717) is 18.8 Å². The minimum atomic E-state index is -0.486. The van der Waals surface area contributed by atoms with Gasteiger partial charge in [0.2, 0.25) is 0 Å². The van der Waals surface area contributed by atoms with Crippen LogP contribution >= 0.6 is 0 Å². The Labute approximate surface area is 129 Å². The minimum Gasteiger partial charge on any atom is -0.444 e. The highest BCUT2D eigenvalue weighted by molar-refractivity contribution is 5.73. The van der Waals surface area contributed by atoms with E-state index in [1.165, 1.54) is 12.1 Å². The second-order valence-electron chi connectivity index (χ2n) is 7.03. The number of hydrogen-bond donors (Lipinski definition) is 1. The van der Waals surface area contributed by atoms with Gasteiger partial charge in [0.15, 0.2) is 0 Å². The van der Waals surface area contributed by atoms with Crippen molar-refractivity contribution in [3.63, 3.8) is 0 Å². The molecule has 1 aromatic rings. The Morgan fingerprint density at radius 1 is 1.32 bits per heavy atom. The lowest BCUT2D eigenvalue weighted by molar-refractivity contribution is 0.0215. The van der Waals surface area contributed by atoms with Crippen LogP contribution in [0, 0.1) is 5.82 Å². The van der Waals surface area contributed by atoms with E-state index >= 15 is 0 Å². The summed E-state index contributed by atoms with van der Waals surface area (Å²) in [4.78, 5) is 16.2. The maximum atomic E-state index is 13.2. The summed E-state index contributed by atoms with van der Waals surface area (Å²) in [6, 6.07) is 4.81. The van der Waals surface area contributed by atoms with Gasteiger partial charge in [0.1, 0.15) is 11.4 Å². The zero-order valence-electron chi connectivity index (χ0n) is 13.2. The van der Waals surface area contributed by atoms with Crippen molar-refractivity contribution in [2.75, 3.05) is 23.7 Å². The SMILES string of the molecule is CC(C)(C)OC(=O)N1C[C@H]2C[C@@H]1CN2c1ccc(F)cc1N. The van der Waals surface area contributed by atoms with Gasteiger partial charge in [-0.3, -0.25) is 0 Å². The number of ether oxygens (including phenoxy) is 1. The van der Waals surface area contributed by atoms with Crippen molar-refractivity contribution in [1.82, 2.24) is 4.90 Å². The molecule has 0 aliphatic carbocycles. The molecule has 2 aliphatic heterocycles. The third kappa shape index (κ3) is 2.69.